The van der Waals surface area contributed by atoms with E-state index in [1.807, 2.05) is 6.92 Å². The smallest absolute Gasteiger partial charge is 0.416 e. The molecule has 208 valence electrons. The van der Waals surface area contributed by atoms with Gasteiger partial charge >= 0.3 is 11.9 Å². The van der Waals surface area contributed by atoms with Crippen molar-refractivity contribution >= 4 is 22.8 Å². The van der Waals surface area contributed by atoms with Crippen LogP contribution in [-0.2, 0) is 6.18 Å². The molecule has 0 aliphatic heterocycles. The predicted molar refractivity (Wildman–Crippen MR) is 144 cm³/mol. The number of alkyl halides is 3. The first-order chi connectivity index (χ1) is 19.0. The van der Waals surface area contributed by atoms with Crippen molar-refractivity contribution in [2.45, 2.75) is 39.5 Å². The number of aromatic nitrogens is 2. The standard InChI is InChI=1S/C28H25F3N4O5/c1-4-17(3)40-25-23(35(37)38)13-18(14-24(25)39-5-2)16-32-34-26(19-9-8-10-20(15-19)28(29,30)31)33-22-12-7-6-11-21(22)27(34)36/h6-17H,4-5H2,1-3H3/t17-/m1/s1. The number of nitro benzene ring substituents is 1. The van der Waals surface area contributed by atoms with Crippen LogP contribution in [0.15, 0.2) is 70.6 Å². The molecule has 0 fully saturated rings. The number of halogens is 3. The Labute approximate surface area is 226 Å². The largest absolute Gasteiger partial charge is 0.490 e. The number of ether oxygens (including phenoxy) is 2. The number of rotatable bonds is 9. The van der Waals surface area contributed by atoms with Crippen molar-refractivity contribution in [3.05, 3.63) is 92.3 Å². The lowest BCUT2D eigenvalue weighted by Gasteiger charge is -2.16. The molecule has 1 atom stereocenters. The van der Waals surface area contributed by atoms with Crippen LogP contribution in [0.2, 0.25) is 0 Å². The third kappa shape index (κ3) is 5.95. The Morgan fingerprint density at radius 2 is 1.88 bits per heavy atom. The number of benzene rings is 3. The zero-order chi connectivity index (χ0) is 29.0. The maximum Gasteiger partial charge on any atom is 0.416 e. The second-order valence-corrected chi connectivity index (χ2v) is 8.79. The van der Waals surface area contributed by atoms with E-state index in [9.17, 15) is 28.1 Å². The lowest BCUT2D eigenvalue weighted by Crippen LogP contribution is -2.20. The predicted octanol–water partition coefficient (Wildman–Crippen LogP) is 6.45. The molecule has 1 heterocycles. The van der Waals surface area contributed by atoms with Gasteiger partial charge in [-0.25, -0.2) is 4.98 Å². The second-order valence-electron chi connectivity index (χ2n) is 8.79. The average molecular weight is 555 g/mol. The molecule has 0 bridgehead atoms. The first kappa shape index (κ1) is 28.3. The first-order valence-electron chi connectivity index (χ1n) is 12.4. The molecular formula is C28H25F3N4O5. The van der Waals surface area contributed by atoms with Crippen LogP contribution in [0.3, 0.4) is 0 Å². The van der Waals surface area contributed by atoms with E-state index in [4.69, 9.17) is 9.47 Å². The molecule has 4 rings (SSSR count). The van der Waals surface area contributed by atoms with Crippen molar-refractivity contribution in [2.24, 2.45) is 5.10 Å². The van der Waals surface area contributed by atoms with Gasteiger partial charge in [0.15, 0.2) is 11.6 Å². The Morgan fingerprint density at radius 1 is 1.12 bits per heavy atom. The Morgan fingerprint density at radius 3 is 2.55 bits per heavy atom. The summed E-state index contributed by atoms with van der Waals surface area (Å²) in [5.74, 6) is -0.0598. The maximum atomic E-state index is 13.4. The fourth-order valence-electron chi connectivity index (χ4n) is 3.86. The lowest BCUT2D eigenvalue weighted by atomic mass is 10.1. The van der Waals surface area contributed by atoms with E-state index in [-0.39, 0.29) is 57.8 Å². The second kappa shape index (κ2) is 11.6. The summed E-state index contributed by atoms with van der Waals surface area (Å²) in [4.78, 5) is 29.1. The highest BCUT2D eigenvalue weighted by molar-refractivity contribution is 5.84. The minimum absolute atomic E-state index is 0.00751. The van der Waals surface area contributed by atoms with E-state index in [1.165, 1.54) is 36.5 Å². The maximum absolute atomic E-state index is 13.4. The van der Waals surface area contributed by atoms with Gasteiger partial charge in [-0.3, -0.25) is 14.9 Å². The van der Waals surface area contributed by atoms with Gasteiger partial charge in [-0.2, -0.15) is 22.9 Å². The summed E-state index contributed by atoms with van der Waals surface area (Å²) in [6.45, 7) is 5.54. The molecule has 0 unspecified atom stereocenters. The zero-order valence-corrected chi connectivity index (χ0v) is 21.8. The van der Waals surface area contributed by atoms with Gasteiger partial charge in [0.25, 0.3) is 5.56 Å². The van der Waals surface area contributed by atoms with Crippen molar-refractivity contribution in [1.82, 2.24) is 9.66 Å². The molecule has 0 N–H and O–H groups in total. The van der Waals surface area contributed by atoms with Crippen LogP contribution in [-0.4, -0.2) is 33.5 Å². The molecule has 1 aromatic heterocycles. The molecule has 0 saturated carbocycles. The van der Waals surface area contributed by atoms with Crippen molar-refractivity contribution in [1.29, 1.82) is 0 Å². The SMILES string of the molecule is CCOc1cc(C=Nn2c(-c3cccc(C(F)(F)F)c3)nc3ccccc3c2=O)cc([N+](=O)[O-])c1O[C@H](C)CC. The number of nitro groups is 1. The highest BCUT2D eigenvalue weighted by Gasteiger charge is 2.31. The van der Waals surface area contributed by atoms with Crippen LogP contribution in [0, 0.1) is 10.1 Å². The van der Waals surface area contributed by atoms with Crippen LogP contribution in [0.1, 0.15) is 38.3 Å². The van der Waals surface area contributed by atoms with Crippen molar-refractivity contribution < 1.29 is 27.6 Å². The molecule has 0 radical (unpaired) electrons. The quantitative estimate of drug-likeness (QED) is 0.134. The summed E-state index contributed by atoms with van der Waals surface area (Å²) < 4.78 is 52.5. The third-order valence-electron chi connectivity index (χ3n) is 5.97. The number of hydrogen-bond acceptors (Lipinski definition) is 7. The van der Waals surface area contributed by atoms with Gasteiger partial charge in [0.05, 0.1) is 40.3 Å². The van der Waals surface area contributed by atoms with Crippen LogP contribution < -0.4 is 15.0 Å². The molecule has 0 spiro atoms. The molecule has 9 nitrogen and oxygen atoms in total. The van der Waals surface area contributed by atoms with Crippen LogP contribution in [0.4, 0.5) is 18.9 Å². The van der Waals surface area contributed by atoms with E-state index >= 15 is 0 Å². The van der Waals surface area contributed by atoms with E-state index in [2.05, 4.69) is 10.1 Å². The van der Waals surface area contributed by atoms with Crippen molar-refractivity contribution in [3.8, 4) is 22.9 Å². The van der Waals surface area contributed by atoms with Gasteiger partial charge in [0, 0.05) is 17.2 Å². The summed E-state index contributed by atoms with van der Waals surface area (Å²) in [5, 5.41) is 16.3. The van der Waals surface area contributed by atoms with Crippen LogP contribution in [0.25, 0.3) is 22.3 Å². The zero-order valence-electron chi connectivity index (χ0n) is 21.8. The normalized spacial score (nSPS) is 12.6. The topological polar surface area (TPSA) is 109 Å². The summed E-state index contributed by atoms with van der Waals surface area (Å²) in [5.41, 5.74) is -1.45. The Balaban J connectivity index is 1.91. The average Bonchev–Trinajstić information content (AvgIpc) is 2.93. The number of para-hydroxylation sites is 1. The van der Waals surface area contributed by atoms with Gasteiger partial charge in [0.1, 0.15) is 0 Å². The molecule has 0 aliphatic rings. The molecule has 12 heteroatoms. The summed E-state index contributed by atoms with van der Waals surface area (Å²) >= 11 is 0. The number of nitrogens with zero attached hydrogens (tertiary/aromatic N) is 4. The Kier molecular flexibility index (Phi) is 8.17. The minimum atomic E-state index is -4.62. The fraction of sp³-hybridized carbons (Fsp3) is 0.250. The van der Waals surface area contributed by atoms with E-state index in [1.54, 1.807) is 32.0 Å². The first-order valence-corrected chi connectivity index (χ1v) is 12.4. The lowest BCUT2D eigenvalue weighted by molar-refractivity contribution is -0.386. The van der Waals surface area contributed by atoms with Gasteiger partial charge in [0.2, 0.25) is 5.75 Å². The van der Waals surface area contributed by atoms with E-state index < -0.39 is 22.2 Å². The number of fused-ring (bicyclic) bond motifs is 1. The molecular weight excluding hydrogens is 529 g/mol. The van der Waals surface area contributed by atoms with Crippen molar-refractivity contribution in [3.63, 3.8) is 0 Å². The summed E-state index contributed by atoms with van der Waals surface area (Å²) in [7, 11) is 0. The molecule has 4 aromatic rings. The highest BCUT2D eigenvalue weighted by Crippen LogP contribution is 2.39. The Bertz CT molecular complexity index is 1650. The molecule has 0 aliphatic carbocycles. The minimum Gasteiger partial charge on any atom is -0.490 e. The van der Waals surface area contributed by atoms with Crippen LogP contribution in [0.5, 0.6) is 11.5 Å². The molecule has 3 aromatic carbocycles. The summed E-state index contributed by atoms with van der Waals surface area (Å²) in [6.07, 6.45) is -3.16. The number of hydrogen-bond donors (Lipinski definition) is 0. The fourth-order valence-corrected chi connectivity index (χ4v) is 3.86. The molecule has 40 heavy (non-hydrogen) atoms. The van der Waals surface area contributed by atoms with E-state index in [0.717, 1.165) is 16.8 Å². The molecule has 0 saturated heterocycles. The van der Waals surface area contributed by atoms with Gasteiger partial charge in [-0.1, -0.05) is 31.2 Å². The van der Waals surface area contributed by atoms with Crippen LogP contribution >= 0.6 is 0 Å². The van der Waals surface area contributed by atoms with Gasteiger partial charge in [-0.15, -0.1) is 0 Å². The summed E-state index contributed by atoms with van der Waals surface area (Å²) in [6, 6.07) is 13.4. The highest BCUT2D eigenvalue weighted by atomic mass is 19.4. The monoisotopic (exact) mass is 554 g/mol. The van der Waals surface area contributed by atoms with Crippen molar-refractivity contribution in [2.75, 3.05) is 6.61 Å². The van der Waals surface area contributed by atoms with Gasteiger partial charge in [-0.05, 0) is 50.6 Å². The third-order valence-corrected chi connectivity index (χ3v) is 5.97. The Hall–Kier alpha value is -4.74. The molecule has 0 amide bonds. The van der Waals surface area contributed by atoms with E-state index in [0.29, 0.717) is 6.42 Å². The van der Waals surface area contributed by atoms with Gasteiger partial charge < -0.3 is 9.47 Å².